The summed E-state index contributed by atoms with van der Waals surface area (Å²) in [4.78, 5) is 7.75. The summed E-state index contributed by atoms with van der Waals surface area (Å²) in [5.41, 5.74) is 0.0270. The van der Waals surface area contributed by atoms with Gasteiger partial charge in [0.05, 0.1) is 0 Å². The molecule has 2 aliphatic rings. The van der Waals surface area contributed by atoms with Crippen LogP contribution in [0.25, 0.3) is 0 Å². The molecule has 0 radical (unpaired) electrons. The molecule has 1 aromatic carbocycles. The van der Waals surface area contributed by atoms with E-state index >= 15 is 0 Å². The Hall–Kier alpha value is -2.62. The van der Waals surface area contributed by atoms with Crippen LogP contribution in [0.3, 0.4) is 0 Å². The summed E-state index contributed by atoms with van der Waals surface area (Å²) in [5, 5.41) is 12.2. The maximum Gasteiger partial charge on any atom is 0.421 e. The third-order valence-electron chi connectivity index (χ3n) is 4.83. The highest BCUT2D eigenvalue weighted by molar-refractivity contribution is 5.63. The van der Waals surface area contributed by atoms with Crippen molar-refractivity contribution in [3.63, 3.8) is 0 Å². The molecule has 1 aliphatic heterocycles. The summed E-state index contributed by atoms with van der Waals surface area (Å²) < 4.78 is 53.7. The minimum Gasteiger partial charge on any atom is -0.381 e. The fourth-order valence-corrected chi connectivity index (χ4v) is 3.27. The van der Waals surface area contributed by atoms with Gasteiger partial charge in [0.15, 0.2) is 0 Å². The van der Waals surface area contributed by atoms with Crippen molar-refractivity contribution in [1.29, 1.82) is 0 Å². The number of rotatable bonds is 6. The molecule has 4 N–H and O–H groups in total. The molecule has 2 fully saturated rings. The molecule has 0 bridgehead atoms. The Balaban J connectivity index is 1.53. The largest absolute Gasteiger partial charge is 0.421 e. The number of aromatic nitrogens is 2. The van der Waals surface area contributed by atoms with E-state index in [-0.39, 0.29) is 23.8 Å². The molecule has 1 aromatic heterocycles. The average Bonchev–Trinajstić information content (AvgIpc) is 3.45. The van der Waals surface area contributed by atoms with Crippen LogP contribution < -0.4 is 21.3 Å². The number of hydrogen-bond acceptors (Lipinski definition) is 6. The highest BCUT2D eigenvalue weighted by atomic mass is 19.4. The van der Waals surface area contributed by atoms with Gasteiger partial charge in [-0.15, -0.1) is 0 Å². The number of anilines is 4. The van der Waals surface area contributed by atoms with Gasteiger partial charge in [0.1, 0.15) is 17.2 Å². The zero-order valence-corrected chi connectivity index (χ0v) is 15.6. The molecule has 1 aliphatic carbocycles. The van der Waals surface area contributed by atoms with Gasteiger partial charge in [0, 0.05) is 36.2 Å². The third-order valence-corrected chi connectivity index (χ3v) is 4.83. The van der Waals surface area contributed by atoms with Crippen molar-refractivity contribution < 1.29 is 17.6 Å². The van der Waals surface area contributed by atoms with Crippen LogP contribution in [-0.2, 0) is 6.18 Å². The quantitative estimate of drug-likeness (QED) is 0.537. The molecule has 6 nitrogen and oxygen atoms in total. The van der Waals surface area contributed by atoms with E-state index in [1.165, 1.54) is 12.1 Å². The molecule has 2 heterocycles. The topological polar surface area (TPSA) is 73.9 Å². The molecule has 29 heavy (non-hydrogen) atoms. The van der Waals surface area contributed by atoms with Crippen molar-refractivity contribution in [2.45, 2.75) is 43.9 Å². The Kier molecular flexibility index (Phi) is 5.44. The number of hydrogen-bond donors (Lipinski definition) is 4. The predicted octanol–water partition coefficient (Wildman–Crippen LogP) is 4.12. The molecule has 0 unspecified atom stereocenters. The van der Waals surface area contributed by atoms with E-state index in [4.69, 9.17) is 0 Å². The van der Waals surface area contributed by atoms with Gasteiger partial charge in [0.2, 0.25) is 5.95 Å². The third kappa shape index (κ3) is 5.26. The first-order chi connectivity index (χ1) is 13.9. The second kappa shape index (κ2) is 8.02. The first-order valence-corrected chi connectivity index (χ1v) is 9.62. The lowest BCUT2D eigenvalue weighted by molar-refractivity contribution is -0.137. The van der Waals surface area contributed by atoms with Gasteiger partial charge in [-0.1, -0.05) is 0 Å². The van der Waals surface area contributed by atoms with E-state index in [0.29, 0.717) is 11.4 Å². The Bertz CT molecular complexity index is 862. The van der Waals surface area contributed by atoms with E-state index in [2.05, 4.69) is 31.2 Å². The molecule has 1 saturated heterocycles. The fourth-order valence-electron chi connectivity index (χ4n) is 3.27. The van der Waals surface area contributed by atoms with Crippen LogP contribution in [0, 0.1) is 5.82 Å². The summed E-state index contributed by atoms with van der Waals surface area (Å²) >= 11 is 0. The Morgan fingerprint density at radius 2 is 1.79 bits per heavy atom. The Morgan fingerprint density at radius 1 is 1.00 bits per heavy atom. The number of benzene rings is 1. The van der Waals surface area contributed by atoms with Gasteiger partial charge >= 0.3 is 6.18 Å². The molecule has 1 atom stereocenters. The molecule has 4 rings (SSSR count). The zero-order chi connectivity index (χ0) is 20.4. The van der Waals surface area contributed by atoms with Crippen LogP contribution in [-0.4, -0.2) is 35.1 Å². The SMILES string of the molecule is Fc1cc(Nc2ncc(C(F)(F)F)c(NC3CC3)n2)cc(N[C@H]2CCCNC2)c1. The minimum atomic E-state index is -4.56. The first-order valence-electron chi connectivity index (χ1n) is 9.62. The first kappa shape index (κ1) is 19.7. The van der Waals surface area contributed by atoms with E-state index in [1.807, 2.05) is 0 Å². The maximum atomic E-state index is 14.1. The van der Waals surface area contributed by atoms with Crippen LogP contribution >= 0.6 is 0 Å². The lowest BCUT2D eigenvalue weighted by Crippen LogP contribution is -2.38. The molecule has 0 amide bonds. The number of nitrogens with zero attached hydrogens (tertiary/aromatic N) is 2. The highest BCUT2D eigenvalue weighted by Gasteiger charge is 2.36. The van der Waals surface area contributed by atoms with Crippen molar-refractivity contribution in [2.75, 3.05) is 29.0 Å². The van der Waals surface area contributed by atoms with E-state index in [0.717, 1.165) is 45.0 Å². The summed E-state index contributed by atoms with van der Waals surface area (Å²) in [6.07, 6.45) is -0.192. The van der Waals surface area contributed by atoms with Crippen molar-refractivity contribution in [3.05, 3.63) is 35.8 Å². The second-order valence-electron chi connectivity index (χ2n) is 7.41. The van der Waals surface area contributed by atoms with Crippen molar-refractivity contribution in [1.82, 2.24) is 15.3 Å². The summed E-state index contributed by atoms with van der Waals surface area (Å²) in [7, 11) is 0. The van der Waals surface area contributed by atoms with Gasteiger partial charge in [-0.3, -0.25) is 0 Å². The number of halogens is 4. The Morgan fingerprint density at radius 3 is 2.48 bits per heavy atom. The van der Waals surface area contributed by atoms with Crippen LogP contribution in [0.15, 0.2) is 24.4 Å². The second-order valence-corrected chi connectivity index (χ2v) is 7.41. The smallest absolute Gasteiger partial charge is 0.381 e. The van der Waals surface area contributed by atoms with E-state index in [9.17, 15) is 17.6 Å². The van der Waals surface area contributed by atoms with Gasteiger partial charge in [-0.05, 0) is 50.4 Å². The van der Waals surface area contributed by atoms with Gasteiger partial charge in [0.25, 0.3) is 0 Å². The van der Waals surface area contributed by atoms with Crippen molar-refractivity contribution in [2.24, 2.45) is 0 Å². The molecular weight excluding hydrogens is 388 g/mol. The average molecular weight is 410 g/mol. The highest BCUT2D eigenvalue weighted by Crippen LogP contribution is 2.36. The fraction of sp³-hybridized carbons (Fsp3) is 0.474. The summed E-state index contributed by atoms with van der Waals surface area (Å²) in [6.45, 7) is 1.76. The van der Waals surface area contributed by atoms with Crippen LogP contribution in [0.4, 0.5) is 40.7 Å². The van der Waals surface area contributed by atoms with E-state index in [1.54, 1.807) is 6.07 Å². The van der Waals surface area contributed by atoms with Gasteiger partial charge in [-0.25, -0.2) is 9.37 Å². The van der Waals surface area contributed by atoms with Crippen LogP contribution in [0.2, 0.25) is 0 Å². The van der Waals surface area contributed by atoms with Gasteiger partial charge < -0.3 is 21.3 Å². The molecule has 0 spiro atoms. The van der Waals surface area contributed by atoms with Gasteiger partial charge in [-0.2, -0.15) is 18.2 Å². The minimum absolute atomic E-state index is 0.00655. The molecule has 1 saturated carbocycles. The Labute approximate surface area is 165 Å². The monoisotopic (exact) mass is 410 g/mol. The normalized spacial score (nSPS) is 19.7. The lowest BCUT2D eigenvalue weighted by atomic mass is 10.1. The predicted molar refractivity (Wildman–Crippen MR) is 103 cm³/mol. The maximum absolute atomic E-state index is 14.1. The van der Waals surface area contributed by atoms with Crippen LogP contribution in [0.5, 0.6) is 0 Å². The number of piperidine rings is 1. The number of alkyl halides is 3. The molecule has 2 aromatic rings. The molecular formula is C19H22F4N6. The standard InChI is InChI=1S/C19H22F4N6/c20-11-6-14(26-13-2-1-5-24-9-13)8-15(7-11)28-18-25-10-16(19(21,22)23)17(29-18)27-12-3-4-12/h6-8,10,12-13,24,26H,1-5,9H2,(H2,25,27,28,29)/t13-/m0/s1. The van der Waals surface area contributed by atoms with E-state index < -0.39 is 17.6 Å². The molecule has 156 valence electrons. The number of nitrogens with one attached hydrogen (secondary N) is 4. The van der Waals surface area contributed by atoms with Crippen molar-refractivity contribution >= 4 is 23.1 Å². The zero-order valence-electron chi connectivity index (χ0n) is 15.6. The van der Waals surface area contributed by atoms with Crippen LogP contribution in [0.1, 0.15) is 31.2 Å². The summed E-state index contributed by atoms with van der Waals surface area (Å²) in [6, 6.07) is 4.50. The van der Waals surface area contributed by atoms with Crippen molar-refractivity contribution in [3.8, 4) is 0 Å². The summed E-state index contributed by atoms with van der Waals surface area (Å²) in [5.74, 6) is -0.762. The lowest BCUT2D eigenvalue weighted by Gasteiger charge is -2.25. The molecule has 10 heteroatoms.